The Morgan fingerprint density at radius 2 is 2.26 bits per heavy atom. The molecule has 117 valence electrons. The van der Waals surface area contributed by atoms with Crippen molar-refractivity contribution in [3.63, 3.8) is 0 Å². The third-order valence-corrected chi connectivity index (χ3v) is 3.54. The number of nitrogens with zero attached hydrogens (tertiary/aromatic N) is 4. The van der Waals surface area contributed by atoms with Crippen molar-refractivity contribution in [3.05, 3.63) is 47.9 Å². The fraction of sp³-hybridized carbons (Fsp3) is 0.188. The highest BCUT2D eigenvalue weighted by Crippen LogP contribution is 2.29. The number of methoxy groups -OCH3 is 1. The van der Waals surface area contributed by atoms with Crippen LogP contribution in [0.3, 0.4) is 0 Å². The van der Waals surface area contributed by atoms with E-state index in [2.05, 4.69) is 26.4 Å². The Kier molecular flexibility index (Phi) is 4.43. The van der Waals surface area contributed by atoms with Gasteiger partial charge in [0, 0.05) is 18.3 Å². The summed E-state index contributed by atoms with van der Waals surface area (Å²) in [5, 5.41) is 7.85. The summed E-state index contributed by atoms with van der Waals surface area (Å²) >= 11 is 6.23. The second-order valence-corrected chi connectivity index (χ2v) is 5.13. The monoisotopic (exact) mass is 328 g/mol. The quantitative estimate of drug-likeness (QED) is 0.775. The summed E-state index contributed by atoms with van der Waals surface area (Å²) in [7, 11) is 1.60. The molecule has 1 radical (unpaired) electrons. The van der Waals surface area contributed by atoms with E-state index < -0.39 is 0 Å². The minimum atomic E-state index is 0.429. The molecule has 0 bridgehead atoms. The second-order valence-electron chi connectivity index (χ2n) is 4.73. The number of nitrogens with one attached hydrogen (secondary N) is 1. The van der Waals surface area contributed by atoms with Gasteiger partial charge in [-0.1, -0.05) is 17.7 Å². The van der Waals surface area contributed by atoms with Crippen molar-refractivity contribution in [1.29, 1.82) is 0 Å². The lowest BCUT2D eigenvalue weighted by Crippen LogP contribution is -2.00. The van der Waals surface area contributed by atoms with Crippen LogP contribution in [0.1, 0.15) is 6.92 Å². The van der Waals surface area contributed by atoms with Crippen LogP contribution in [0.15, 0.2) is 36.8 Å². The molecule has 2 heterocycles. The molecule has 1 N–H and O–H groups in total. The van der Waals surface area contributed by atoms with Gasteiger partial charge in [-0.05, 0) is 25.1 Å². The molecule has 7 heteroatoms. The highest BCUT2D eigenvalue weighted by Gasteiger charge is 2.11. The van der Waals surface area contributed by atoms with Gasteiger partial charge in [-0.2, -0.15) is 5.10 Å². The van der Waals surface area contributed by atoms with Gasteiger partial charge in [-0.25, -0.2) is 9.97 Å². The largest absolute Gasteiger partial charge is 0.495 e. The first kappa shape index (κ1) is 15.3. The highest BCUT2D eigenvalue weighted by molar-refractivity contribution is 6.32. The van der Waals surface area contributed by atoms with Gasteiger partial charge >= 0.3 is 0 Å². The third-order valence-electron chi connectivity index (χ3n) is 3.27. The van der Waals surface area contributed by atoms with E-state index in [-0.39, 0.29) is 0 Å². The maximum absolute atomic E-state index is 6.23. The van der Waals surface area contributed by atoms with Crippen LogP contribution in [0, 0.1) is 6.07 Å². The Hall–Kier alpha value is -2.60. The number of halogens is 1. The molecular weight excluding hydrogens is 314 g/mol. The van der Waals surface area contributed by atoms with E-state index in [1.807, 2.05) is 23.9 Å². The van der Waals surface area contributed by atoms with Gasteiger partial charge in [0.05, 0.1) is 35.9 Å². The summed E-state index contributed by atoms with van der Waals surface area (Å²) < 4.78 is 7.10. The van der Waals surface area contributed by atoms with E-state index in [1.165, 1.54) is 0 Å². The number of hydrogen-bond donors (Lipinski definition) is 1. The molecule has 0 amide bonds. The standard InChI is InChI=1S/C16H15ClN5O/c1-3-22-10-11(8-19-22)15-12(17)9-18-16(21-15)20-13-6-4-5-7-14(13)23-2/h4,6-10H,3H2,1-2H3,(H,18,20,21). The molecule has 3 aromatic rings. The first-order chi connectivity index (χ1) is 11.2. The van der Waals surface area contributed by atoms with E-state index in [0.29, 0.717) is 22.4 Å². The molecule has 0 unspecified atom stereocenters. The van der Waals surface area contributed by atoms with Crippen LogP contribution in [0.4, 0.5) is 11.6 Å². The number of aromatic nitrogens is 4. The Bertz CT molecular complexity index is 818. The van der Waals surface area contributed by atoms with Crippen LogP contribution >= 0.6 is 11.6 Å². The number of aryl methyl sites for hydroxylation is 1. The van der Waals surface area contributed by atoms with Crippen molar-refractivity contribution >= 4 is 23.2 Å². The molecule has 0 saturated carbocycles. The zero-order valence-corrected chi connectivity index (χ0v) is 13.5. The van der Waals surface area contributed by atoms with Gasteiger partial charge in [0.15, 0.2) is 0 Å². The van der Waals surface area contributed by atoms with Gasteiger partial charge in [-0.15, -0.1) is 0 Å². The first-order valence-electron chi connectivity index (χ1n) is 7.07. The first-order valence-corrected chi connectivity index (χ1v) is 7.45. The van der Waals surface area contributed by atoms with Crippen molar-refractivity contribution < 1.29 is 4.74 Å². The maximum atomic E-state index is 6.23. The molecule has 23 heavy (non-hydrogen) atoms. The fourth-order valence-electron chi connectivity index (χ4n) is 2.10. The van der Waals surface area contributed by atoms with Crippen LogP contribution in [0.2, 0.25) is 5.02 Å². The molecule has 0 saturated heterocycles. The van der Waals surface area contributed by atoms with Crippen LogP contribution in [0.5, 0.6) is 5.75 Å². The number of hydrogen-bond acceptors (Lipinski definition) is 5. The topological polar surface area (TPSA) is 64.9 Å². The number of anilines is 2. The molecule has 0 aliphatic heterocycles. The van der Waals surface area contributed by atoms with Gasteiger partial charge in [0.2, 0.25) is 5.95 Å². The summed E-state index contributed by atoms with van der Waals surface area (Å²) in [4.78, 5) is 8.70. The highest BCUT2D eigenvalue weighted by atomic mass is 35.5. The van der Waals surface area contributed by atoms with Crippen molar-refractivity contribution in [1.82, 2.24) is 19.7 Å². The van der Waals surface area contributed by atoms with E-state index in [9.17, 15) is 0 Å². The maximum Gasteiger partial charge on any atom is 0.227 e. The molecule has 0 spiro atoms. The average molecular weight is 329 g/mol. The minimum Gasteiger partial charge on any atom is -0.495 e. The minimum absolute atomic E-state index is 0.429. The second kappa shape index (κ2) is 6.66. The van der Waals surface area contributed by atoms with E-state index in [4.69, 9.17) is 16.3 Å². The zero-order valence-electron chi connectivity index (χ0n) is 12.7. The van der Waals surface area contributed by atoms with Crippen molar-refractivity contribution in [3.8, 4) is 17.0 Å². The number of rotatable bonds is 5. The summed E-state index contributed by atoms with van der Waals surface area (Å²) in [6.07, 6.45) is 5.20. The molecule has 0 atom stereocenters. The van der Waals surface area contributed by atoms with Gasteiger partial charge in [-0.3, -0.25) is 4.68 Å². The normalized spacial score (nSPS) is 10.6. The van der Waals surface area contributed by atoms with Crippen molar-refractivity contribution in [2.24, 2.45) is 0 Å². The van der Waals surface area contributed by atoms with Gasteiger partial charge < -0.3 is 10.1 Å². The molecular formula is C16H15ClN5O. The fourth-order valence-corrected chi connectivity index (χ4v) is 2.30. The molecule has 6 nitrogen and oxygen atoms in total. The lowest BCUT2D eigenvalue weighted by molar-refractivity contribution is 0.416. The van der Waals surface area contributed by atoms with E-state index in [0.717, 1.165) is 17.8 Å². The average Bonchev–Trinajstić information content (AvgIpc) is 3.06. The lowest BCUT2D eigenvalue weighted by Gasteiger charge is -2.10. The summed E-state index contributed by atoms with van der Waals surface area (Å²) in [6, 6.07) is 8.32. The van der Waals surface area contributed by atoms with Crippen molar-refractivity contribution in [2.45, 2.75) is 13.5 Å². The smallest absolute Gasteiger partial charge is 0.227 e. The third kappa shape index (κ3) is 3.27. The predicted octanol–water partition coefficient (Wildman–Crippen LogP) is 3.57. The molecule has 0 aliphatic rings. The molecule has 0 fully saturated rings. The van der Waals surface area contributed by atoms with Crippen LogP contribution in [-0.4, -0.2) is 26.9 Å². The van der Waals surface area contributed by atoms with Gasteiger partial charge in [0.25, 0.3) is 0 Å². The Labute approximate surface area is 139 Å². The summed E-state index contributed by atoms with van der Waals surface area (Å²) in [5.74, 6) is 1.09. The number of ether oxygens (including phenoxy) is 1. The Balaban J connectivity index is 1.94. The summed E-state index contributed by atoms with van der Waals surface area (Å²) in [5.41, 5.74) is 2.23. The Morgan fingerprint density at radius 1 is 1.39 bits per heavy atom. The van der Waals surface area contributed by atoms with E-state index in [1.54, 1.807) is 31.6 Å². The predicted molar refractivity (Wildman–Crippen MR) is 89.0 cm³/mol. The zero-order chi connectivity index (χ0) is 16.2. The SMILES string of the molecule is CCn1cc(-c2nc(Nc3cc[c]cc3OC)ncc2Cl)cn1. The van der Waals surface area contributed by atoms with Crippen molar-refractivity contribution in [2.75, 3.05) is 12.4 Å². The molecule has 1 aromatic carbocycles. The van der Waals surface area contributed by atoms with Crippen LogP contribution in [0.25, 0.3) is 11.3 Å². The molecule has 2 aromatic heterocycles. The molecule has 3 rings (SSSR count). The van der Waals surface area contributed by atoms with Crippen LogP contribution in [-0.2, 0) is 6.54 Å². The van der Waals surface area contributed by atoms with Crippen LogP contribution < -0.4 is 10.1 Å². The van der Waals surface area contributed by atoms with E-state index >= 15 is 0 Å². The molecule has 0 aliphatic carbocycles. The summed E-state index contributed by atoms with van der Waals surface area (Å²) in [6.45, 7) is 2.80. The lowest BCUT2D eigenvalue weighted by atomic mass is 10.2. The van der Waals surface area contributed by atoms with Gasteiger partial charge in [0.1, 0.15) is 5.75 Å². The number of benzene rings is 1. The Morgan fingerprint density at radius 3 is 3.00 bits per heavy atom.